The summed E-state index contributed by atoms with van der Waals surface area (Å²) in [4.78, 5) is 26.4. The van der Waals surface area contributed by atoms with Gasteiger partial charge in [0.25, 0.3) is 6.50 Å². The van der Waals surface area contributed by atoms with Gasteiger partial charge in [-0.3, -0.25) is 4.79 Å². The van der Waals surface area contributed by atoms with E-state index in [1.807, 2.05) is 0 Å². The topological polar surface area (TPSA) is 69.5 Å². The molecule has 1 aliphatic heterocycles. The summed E-state index contributed by atoms with van der Waals surface area (Å²) in [5.41, 5.74) is 0.129. The van der Waals surface area contributed by atoms with Crippen molar-refractivity contribution in [3.63, 3.8) is 0 Å². The Hall–Kier alpha value is -2.62. The standard InChI is InChI=1S/C16H20N6O/c1-11-5-7-22(14(23)8-17-2)9-13(11)21(3)16-12-4-6-18-15(12)19-10-20-16/h4,6,10-11,13H,5,7-9H2,1,3H3,(H,18,19,20)/t11-,13+/m1/s1/i1D3,5D2,7D2,8D2,9D2,10D. The third-order valence-electron chi connectivity index (χ3n) is 3.30. The minimum Gasteiger partial charge on any atom is -0.354 e. The van der Waals surface area contributed by atoms with E-state index < -0.39 is 56.9 Å². The van der Waals surface area contributed by atoms with Gasteiger partial charge in [0.2, 0.25) is 0 Å². The molecule has 1 amide bonds. The Kier molecular flexibility index (Phi) is 1.76. The number of anilines is 1. The van der Waals surface area contributed by atoms with Crippen LogP contribution in [0.2, 0.25) is 0 Å². The number of amides is 1. The zero-order chi connectivity index (χ0) is 26.9. The highest BCUT2D eigenvalue weighted by molar-refractivity contribution is 5.87. The number of aromatic amines is 1. The number of likely N-dealkylation sites (tertiary alicyclic amines) is 1. The quantitative estimate of drug-likeness (QED) is 0.870. The molecule has 0 unspecified atom stereocenters. The van der Waals surface area contributed by atoms with Gasteiger partial charge in [-0.1, -0.05) is 6.85 Å². The maximum Gasteiger partial charge on any atom is 0.302 e. The highest BCUT2D eigenvalue weighted by Gasteiger charge is 2.33. The van der Waals surface area contributed by atoms with Crippen molar-refractivity contribution in [2.75, 3.05) is 31.4 Å². The van der Waals surface area contributed by atoms with Crippen LogP contribution in [-0.4, -0.2) is 58.3 Å². The van der Waals surface area contributed by atoms with Gasteiger partial charge >= 0.3 is 5.91 Å². The predicted octanol–water partition coefficient (Wildman–Crippen LogP) is 1.55. The highest BCUT2D eigenvalue weighted by Crippen LogP contribution is 2.28. The van der Waals surface area contributed by atoms with Crippen molar-refractivity contribution in [3.8, 4) is 0 Å². The number of aromatic nitrogens is 3. The first-order valence-corrected chi connectivity index (χ1v) is 6.51. The van der Waals surface area contributed by atoms with Crippen LogP contribution in [0.3, 0.4) is 0 Å². The van der Waals surface area contributed by atoms with Crippen LogP contribution in [0.15, 0.2) is 18.6 Å². The fourth-order valence-corrected chi connectivity index (χ4v) is 2.19. The molecule has 0 saturated carbocycles. The number of fused-ring (bicyclic) bond motifs is 1. The summed E-state index contributed by atoms with van der Waals surface area (Å²) in [6.07, 6.45) is -2.59. The summed E-state index contributed by atoms with van der Waals surface area (Å²) in [6.45, 7) is -6.91. The maximum atomic E-state index is 12.9. The molecule has 2 aromatic heterocycles. The highest BCUT2D eigenvalue weighted by atomic mass is 16.2. The first-order valence-electron chi connectivity index (χ1n) is 12.5. The number of carbonyl (C=O) groups is 1. The van der Waals surface area contributed by atoms with E-state index in [0.717, 1.165) is 11.9 Å². The van der Waals surface area contributed by atoms with E-state index in [9.17, 15) is 4.79 Å². The average molecular weight is 324 g/mol. The molecular weight excluding hydrogens is 292 g/mol. The summed E-state index contributed by atoms with van der Waals surface area (Å²) in [6, 6.07) is -0.732. The second-order valence-corrected chi connectivity index (χ2v) is 4.67. The number of piperidine rings is 1. The largest absolute Gasteiger partial charge is 0.354 e. The number of nitrogens with zero attached hydrogens (tertiary/aromatic N) is 5. The molecule has 3 heterocycles. The number of hydrogen-bond acceptors (Lipinski definition) is 4. The number of rotatable bonds is 3. The molecule has 0 spiro atoms. The fourth-order valence-electron chi connectivity index (χ4n) is 2.19. The number of carbonyl (C=O) groups excluding carboxylic acids is 1. The average Bonchev–Trinajstić information content (AvgIpc) is 3.16. The van der Waals surface area contributed by atoms with E-state index in [2.05, 4.69) is 19.8 Å². The first kappa shape index (κ1) is 6.48. The van der Waals surface area contributed by atoms with Gasteiger partial charge in [0.15, 0.2) is 0 Å². The monoisotopic (exact) mass is 324 g/mol. The van der Waals surface area contributed by atoms with Gasteiger partial charge in [-0.25, -0.2) is 16.5 Å². The van der Waals surface area contributed by atoms with Crippen molar-refractivity contribution in [1.29, 1.82) is 0 Å². The second-order valence-electron chi connectivity index (χ2n) is 4.67. The molecule has 0 radical (unpaired) electrons. The van der Waals surface area contributed by atoms with E-state index in [0.29, 0.717) is 0 Å². The number of nitrogens with one attached hydrogen (secondary N) is 1. The SMILES string of the molecule is [2H]c1nc(N(C)[C@@H]2[C@H](C([2H])([2H])[2H])C([2H])([2H])C([2H])([2H])N(C(=O)C([2H])([2H])[N+]#[C-])C2([2H])[2H])c2cc[nH]c2n1. The normalized spacial score (nSPS) is 36.6. The Morgan fingerprint density at radius 1 is 1.78 bits per heavy atom. The van der Waals surface area contributed by atoms with E-state index >= 15 is 0 Å². The summed E-state index contributed by atoms with van der Waals surface area (Å²) < 4.78 is 97.7. The van der Waals surface area contributed by atoms with Gasteiger partial charge in [0, 0.05) is 35.8 Å². The predicted molar refractivity (Wildman–Crippen MR) is 87.9 cm³/mol. The lowest BCUT2D eigenvalue weighted by molar-refractivity contribution is -0.130. The summed E-state index contributed by atoms with van der Waals surface area (Å²) in [5.74, 6) is -4.63. The van der Waals surface area contributed by atoms with Gasteiger partial charge in [-0.05, 0) is 18.4 Å². The molecule has 0 aromatic carbocycles. The molecule has 23 heavy (non-hydrogen) atoms. The molecule has 0 aliphatic carbocycles. The molecule has 1 N–H and O–H groups in total. The molecule has 120 valence electrons. The molecule has 3 rings (SSSR count). The van der Waals surface area contributed by atoms with Crippen LogP contribution < -0.4 is 4.90 Å². The lowest BCUT2D eigenvalue weighted by Crippen LogP contribution is -2.53. The zero-order valence-electron chi connectivity index (χ0n) is 24.0. The molecule has 0 bridgehead atoms. The van der Waals surface area contributed by atoms with E-state index in [1.165, 1.54) is 12.3 Å². The summed E-state index contributed by atoms with van der Waals surface area (Å²) in [7, 11) is 1.14. The third-order valence-corrected chi connectivity index (χ3v) is 3.30. The molecule has 1 saturated heterocycles. The van der Waals surface area contributed by atoms with Crippen LogP contribution in [0, 0.1) is 12.5 Å². The van der Waals surface area contributed by atoms with Gasteiger partial charge in [-0.2, -0.15) is 0 Å². The van der Waals surface area contributed by atoms with Crippen LogP contribution >= 0.6 is 0 Å². The van der Waals surface area contributed by atoms with Crippen LogP contribution in [-0.2, 0) is 4.79 Å². The maximum absolute atomic E-state index is 12.9. The van der Waals surface area contributed by atoms with E-state index in [1.54, 1.807) is 0 Å². The molecule has 1 fully saturated rings. The summed E-state index contributed by atoms with van der Waals surface area (Å²) >= 11 is 0. The number of H-pyrrole nitrogens is 1. The lowest BCUT2D eigenvalue weighted by Gasteiger charge is -2.41. The zero-order valence-corrected chi connectivity index (χ0v) is 12.0. The summed E-state index contributed by atoms with van der Waals surface area (Å²) in [5, 5.41) is 0.201. The minimum absolute atomic E-state index is 0.129. The van der Waals surface area contributed by atoms with Crippen molar-refractivity contribution < 1.29 is 21.2 Å². The van der Waals surface area contributed by atoms with Gasteiger partial charge in [0.1, 0.15) is 21.9 Å². The number of likely N-dealkylation sites (N-methyl/N-ethyl adjacent to an activating group) is 1. The van der Waals surface area contributed by atoms with Crippen molar-refractivity contribution in [1.82, 2.24) is 19.9 Å². The van der Waals surface area contributed by atoms with Crippen LogP contribution in [0.5, 0.6) is 0 Å². The van der Waals surface area contributed by atoms with E-state index in [4.69, 9.17) is 23.0 Å². The lowest BCUT2D eigenvalue weighted by atomic mass is 9.92. The van der Waals surface area contributed by atoms with Gasteiger partial charge in [-0.15, -0.1) is 0 Å². The van der Waals surface area contributed by atoms with Crippen molar-refractivity contribution in [2.45, 2.75) is 19.3 Å². The Morgan fingerprint density at radius 3 is 3.43 bits per heavy atom. The van der Waals surface area contributed by atoms with Gasteiger partial charge in [0.05, 0.1) is 14.2 Å². The second kappa shape index (κ2) is 6.24. The fraction of sp³-hybridized carbons (Fsp3) is 0.500. The Balaban J connectivity index is 2.36. The Bertz CT molecular complexity index is 1200. The van der Waals surface area contributed by atoms with Crippen LogP contribution in [0.25, 0.3) is 15.9 Å². The molecule has 7 nitrogen and oxygen atoms in total. The smallest absolute Gasteiger partial charge is 0.302 e. The molecule has 7 heteroatoms. The first-order chi connectivity index (χ1) is 15.7. The molecule has 2 aromatic rings. The molecular formula is C16H20N6O. The minimum atomic E-state index is -3.68. The number of hydrogen-bond donors (Lipinski definition) is 1. The van der Waals surface area contributed by atoms with Gasteiger partial charge < -0.3 is 19.6 Å². The van der Waals surface area contributed by atoms with E-state index in [-0.39, 0.29) is 21.8 Å². The third kappa shape index (κ3) is 2.84. The van der Waals surface area contributed by atoms with Crippen molar-refractivity contribution >= 4 is 22.8 Å². The Morgan fingerprint density at radius 2 is 2.65 bits per heavy atom. The van der Waals surface area contributed by atoms with Crippen LogP contribution in [0.4, 0.5) is 5.82 Å². The van der Waals surface area contributed by atoms with Crippen molar-refractivity contribution in [3.05, 3.63) is 30.0 Å². The molecule has 2 atom stereocenters. The van der Waals surface area contributed by atoms with Crippen molar-refractivity contribution in [2.24, 2.45) is 5.92 Å². The Labute approximate surface area is 152 Å². The van der Waals surface area contributed by atoms with Crippen LogP contribution in [0.1, 0.15) is 29.7 Å². The molecule has 1 aliphatic rings.